The summed E-state index contributed by atoms with van der Waals surface area (Å²) in [6, 6.07) is 15.1. The summed E-state index contributed by atoms with van der Waals surface area (Å²) in [5.74, 6) is -0.308. The van der Waals surface area contributed by atoms with Gasteiger partial charge in [-0.25, -0.2) is 9.79 Å². The molecule has 0 spiro atoms. The van der Waals surface area contributed by atoms with E-state index in [2.05, 4.69) is 16.7 Å². The van der Waals surface area contributed by atoms with Crippen LogP contribution in [0.15, 0.2) is 64.8 Å². The summed E-state index contributed by atoms with van der Waals surface area (Å²) in [6.45, 7) is 7.89. The molecule has 0 aliphatic carbocycles. The molecule has 2 aromatic rings. The van der Waals surface area contributed by atoms with Crippen molar-refractivity contribution in [2.75, 3.05) is 17.7 Å². The Balaban J connectivity index is 1.74. The number of nitrogens with zero attached hydrogens (tertiary/aromatic N) is 1. The number of amidine groups is 1. The molecule has 2 N–H and O–H groups in total. The Kier molecular flexibility index (Phi) is 7.52. The van der Waals surface area contributed by atoms with Crippen molar-refractivity contribution in [3.8, 4) is 0 Å². The first-order valence-corrected chi connectivity index (χ1v) is 11.1. The lowest BCUT2D eigenvalue weighted by Crippen LogP contribution is -2.31. The van der Waals surface area contributed by atoms with Gasteiger partial charge in [0.1, 0.15) is 6.04 Å². The number of thioether (sulfide) groups is 1. The maximum atomic E-state index is 12.6. The van der Waals surface area contributed by atoms with Crippen molar-refractivity contribution >= 4 is 34.5 Å². The molecule has 3 rings (SSSR count). The van der Waals surface area contributed by atoms with Crippen LogP contribution >= 0.6 is 11.8 Å². The highest BCUT2D eigenvalue weighted by atomic mass is 32.2. The second-order valence-electron chi connectivity index (χ2n) is 7.34. The number of hydrogen-bond donors (Lipinski definition) is 2. The largest absolute Gasteiger partial charge is 0.463 e. The molecule has 0 fully saturated rings. The van der Waals surface area contributed by atoms with Gasteiger partial charge in [-0.1, -0.05) is 48.2 Å². The smallest absolute Gasteiger partial charge is 0.338 e. The van der Waals surface area contributed by atoms with E-state index >= 15 is 0 Å². The first kappa shape index (κ1) is 22.6. The molecule has 0 aromatic heterocycles. The number of allylic oxidation sites excluding steroid dienone is 1. The van der Waals surface area contributed by atoms with Crippen molar-refractivity contribution in [1.82, 2.24) is 5.32 Å². The fraction of sp³-hybridized carbons (Fsp3) is 0.292. The predicted octanol–water partition coefficient (Wildman–Crippen LogP) is 4.51. The number of anilines is 1. The van der Waals surface area contributed by atoms with Gasteiger partial charge < -0.3 is 15.4 Å². The number of aliphatic imine (C=N–C) groups is 1. The number of carbonyl (C=O) groups excluding carboxylic acids is 2. The predicted molar refractivity (Wildman–Crippen MR) is 126 cm³/mol. The number of hydrogen-bond acceptors (Lipinski definition) is 6. The molecule has 1 heterocycles. The van der Waals surface area contributed by atoms with Crippen molar-refractivity contribution in [2.24, 2.45) is 4.99 Å². The zero-order chi connectivity index (χ0) is 22.4. The van der Waals surface area contributed by atoms with Gasteiger partial charge in [-0.2, -0.15) is 0 Å². The molecule has 0 saturated heterocycles. The van der Waals surface area contributed by atoms with Crippen molar-refractivity contribution in [3.05, 3.63) is 76.5 Å². The SMILES string of the molecule is CCOC(=O)C1=C(C)NC(SCC(=O)Nc2cc(C)cc(C)c2)=N[C@H]1c1ccccc1. The maximum absolute atomic E-state index is 12.6. The number of esters is 1. The van der Waals surface area contributed by atoms with Crippen molar-refractivity contribution in [3.63, 3.8) is 0 Å². The molecule has 0 bridgehead atoms. The molecular weight excluding hydrogens is 410 g/mol. The van der Waals surface area contributed by atoms with E-state index in [1.165, 1.54) is 11.8 Å². The van der Waals surface area contributed by atoms with Crippen LogP contribution in [-0.4, -0.2) is 29.4 Å². The molecule has 1 amide bonds. The quantitative estimate of drug-likeness (QED) is 0.650. The molecule has 0 saturated carbocycles. The second kappa shape index (κ2) is 10.3. The summed E-state index contributed by atoms with van der Waals surface area (Å²) < 4.78 is 5.25. The summed E-state index contributed by atoms with van der Waals surface area (Å²) in [6.07, 6.45) is 0. The van der Waals surface area contributed by atoms with E-state index in [1.54, 1.807) is 6.92 Å². The molecule has 1 aliphatic heterocycles. The fourth-order valence-corrected chi connectivity index (χ4v) is 4.19. The Morgan fingerprint density at radius 3 is 2.42 bits per heavy atom. The van der Waals surface area contributed by atoms with Crippen molar-refractivity contribution < 1.29 is 14.3 Å². The maximum Gasteiger partial charge on any atom is 0.338 e. The highest BCUT2D eigenvalue weighted by molar-refractivity contribution is 8.14. The summed E-state index contributed by atoms with van der Waals surface area (Å²) >= 11 is 1.30. The van der Waals surface area contributed by atoms with Gasteiger partial charge in [0.15, 0.2) is 5.17 Å². The fourth-order valence-electron chi connectivity index (χ4n) is 3.45. The third kappa shape index (κ3) is 5.98. The number of rotatable bonds is 6. The van der Waals surface area contributed by atoms with Gasteiger partial charge in [-0.15, -0.1) is 0 Å². The van der Waals surface area contributed by atoms with E-state index in [0.717, 1.165) is 22.4 Å². The van der Waals surface area contributed by atoms with Crippen LogP contribution in [0.2, 0.25) is 0 Å². The van der Waals surface area contributed by atoms with Crippen molar-refractivity contribution in [1.29, 1.82) is 0 Å². The van der Waals surface area contributed by atoms with E-state index in [4.69, 9.17) is 9.73 Å². The number of nitrogens with one attached hydrogen (secondary N) is 2. The second-order valence-corrected chi connectivity index (χ2v) is 8.31. The Morgan fingerprint density at radius 2 is 1.77 bits per heavy atom. The highest BCUT2D eigenvalue weighted by Crippen LogP contribution is 2.32. The van der Waals surface area contributed by atoms with Gasteiger partial charge in [-0.05, 0) is 56.5 Å². The number of carbonyl (C=O) groups is 2. The summed E-state index contributed by atoms with van der Waals surface area (Å²) in [4.78, 5) is 29.8. The van der Waals surface area contributed by atoms with E-state index in [1.807, 2.05) is 63.2 Å². The van der Waals surface area contributed by atoms with Crippen LogP contribution < -0.4 is 10.6 Å². The molecule has 7 heteroatoms. The van der Waals surface area contributed by atoms with Gasteiger partial charge in [-0.3, -0.25) is 4.79 Å². The minimum Gasteiger partial charge on any atom is -0.463 e. The minimum absolute atomic E-state index is 0.117. The zero-order valence-corrected chi connectivity index (χ0v) is 19.0. The topological polar surface area (TPSA) is 79.8 Å². The normalized spacial score (nSPS) is 15.7. The van der Waals surface area contributed by atoms with Gasteiger partial charge in [0, 0.05) is 11.4 Å². The molecule has 0 radical (unpaired) electrons. The van der Waals surface area contributed by atoms with Crippen LogP contribution in [0.3, 0.4) is 0 Å². The Morgan fingerprint density at radius 1 is 1.10 bits per heavy atom. The lowest BCUT2D eigenvalue weighted by molar-refractivity contribution is -0.139. The van der Waals surface area contributed by atoms with Gasteiger partial charge in [0.25, 0.3) is 0 Å². The Labute approximate surface area is 187 Å². The molecule has 2 aromatic carbocycles. The zero-order valence-electron chi connectivity index (χ0n) is 18.2. The molecular formula is C24H27N3O3S. The van der Waals surface area contributed by atoms with Crippen LogP contribution in [0.4, 0.5) is 5.69 Å². The lowest BCUT2D eigenvalue weighted by Gasteiger charge is -2.25. The van der Waals surface area contributed by atoms with E-state index in [-0.39, 0.29) is 17.6 Å². The first-order valence-electron chi connectivity index (χ1n) is 10.2. The van der Waals surface area contributed by atoms with Gasteiger partial charge >= 0.3 is 5.97 Å². The molecule has 6 nitrogen and oxygen atoms in total. The molecule has 162 valence electrons. The number of amides is 1. The third-order valence-corrected chi connectivity index (χ3v) is 5.56. The minimum atomic E-state index is -0.480. The van der Waals surface area contributed by atoms with Gasteiger partial charge in [0.2, 0.25) is 5.91 Å². The molecule has 0 unspecified atom stereocenters. The average molecular weight is 438 g/mol. The molecule has 1 aliphatic rings. The van der Waals surface area contributed by atoms with Crippen LogP contribution in [0.5, 0.6) is 0 Å². The van der Waals surface area contributed by atoms with Gasteiger partial charge in [0.05, 0.1) is 17.9 Å². The molecule has 1 atom stereocenters. The van der Waals surface area contributed by atoms with Crippen molar-refractivity contribution in [2.45, 2.75) is 33.7 Å². The number of ether oxygens (including phenoxy) is 1. The van der Waals surface area contributed by atoms with E-state index < -0.39 is 6.04 Å². The number of aryl methyl sites for hydroxylation is 2. The Hall–Kier alpha value is -3.06. The lowest BCUT2D eigenvalue weighted by atomic mass is 9.97. The summed E-state index contributed by atoms with van der Waals surface area (Å²) in [7, 11) is 0. The monoisotopic (exact) mass is 437 g/mol. The molecule has 31 heavy (non-hydrogen) atoms. The highest BCUT2D eigenvalue weighted by Gasteiger charge is 2.30. The summed E-state index contributed by atoms with van der Waals surface area (Å²) in [5, 5.41) is 6.68. The third-order valence-electron chi connectivity index (χ3n) is 4.67. The summed E-state index contributed by atoms with van der Waals surface area (Å²) in [5.41, 5.74) is 5.03. The standard InChI is InChI=1S/C24H27N3O3S/c1-5-30-23(29)21-17(4)25-24(27-22(21)18-9-7-6-8-10-18)31-14-20(28)26-19-12-15(2)11-16(3)13-19/h6-13,22H,5,14H2,1-4H3,(H,25,27)(H,26,28)/t22-/m0/s1. The first-order chi connectivity index (χ1) is 14.9. The van der Waals surface area contributed by atoms with Crippen LogP contribution in [-0.2, 0) is 14.3 Å². The number of benzene rings is 2. The van der Waals surface area contributed by atoms with E-state index in [0.29, 0.717) is 23.0 Å². The van der Waals surface area contributed by atoms with Crippen LogP contribution in [0.1, 0.15) is 36.6 Å². The van der Waals surface area contributed by atoms with Crippen LogP contribution in [0, 0.1) is 13.8 Å². The van der Waals surface area contributed by atoms with E-state index in [9.17, 15) is 9.59 Å². The Bertz CT molecular complexity index is 1010. The van der Waals surface area contributed by atoms with Crippen LogP contribution in [0.25, 0.3) is 0 Å². The average Bonchev–Trinajstić information content (AvgIpc) is 2.72.